The molecule has 3 heterocycles. The standard InChI is InChI=1S/C19H24N4O3S/c1-12(2)9-14-10-15(22-19(26)21-14)17(24)20-13-5-3-7-23(11-13)18(25)16-6-4-8-27-16/h4,6,8,10,12-13H,3,5,7,9,11H2,1-2H3,(H,20,24)(H,21,22,26). The Morgan fingerprint density at radius 3 is 2.96 bits per heavy atom. The summed E-state index contributed by atoms with van der Waals surface area (Å²) in [6.45, 7) is 5.23. The fourth-order valence-corrected chi connectivity index (χ4v) is 3.96. The second-order valence-electron chi connectivity index (χ2n) is 7.24. The predicted octanol–water partition coefficient (Wildman–Crippen LogP) is 2.06. The van der Waals surface area contributed by atoms with Crippen molar-refractivity contribution >= 4 is 23.2 Å². The van der Waals surface area contributed by atoms with Crippen molar-refractivity contribution < 1.29 is 9.59 Å². The SMILES string of the molecule is CC(C)Cc1cc(C(=O)NC2CCCN(C(=O)c3cccs3)C2)nc(=O)[nH]1. The summed E-state index contributed by atoms with van der Waals surface area (Å²) in [5.74, 6) is -0.0203. The summed E-state index contributed by atoms with van der Waals surface area (Å²) in [5.41, 5.74) is 0.306. The smallest absolute Gasteiger partial charge is 0.345 e. The quantitative estimate of drug-likeness (QED) is 0.820. The third-order valence-corrected chi connectivity index (χ3v) is 5.29. The van der Waals surface area contributed by atoms with Crippen LogP contribution >= 0.6 is 11.3 Å². The van der Waals surface area contributed by atoms with E-state index in [9.17, 15) is 14.4 Å². The summed E-state index contributed by atoms with van der Waals surface area (Å²) in [4.78, 5) is 45.8. The molecule has 0 radical (unpaired) electrons. The highest BCUT2D eigenvalue weighted by molar-refractivity contribution is 7.12. The van der Waals surface area contributed by atoms with Gasteiger partial charge < -0.3 is 15.2 Å². The molecule has 0 bridgehead atoms. The van der Waals surface area contributed by atoms with Gasteiger partial charge in [0.05, 0.1) is 4.88 Å². The minimum atomic E-state index is -0.517. The highest BCUT2D eigenvalue weighted by Crippen LogP contribution is 2.17. The first-order valence-electron chi connectivity index (χ1n) is 9.16. The van der Waals surface area contributed by atoms with Crippen LogP contribution in [0, 0.1) is 5.92 Å². The summed E-state index contributed by atoms with van der Waals surface area (Å²) in [7, 11) is 0. The van der Waals surface area contributed by atoms with Crippen molar-refractivity contribution in [1.29, 1.82) is 0 Å². The Hall–Kier alpha value is -2.48. The number of aromatic nitrogens is 2. The number of nitrogens with one attached hydrogen (secondary N) is 2. The van der Waals surface area contributed by atoms with E-state index < -0.39 is 5.69 Å². The van der Waals surface area contributed by atoms with Gasteiger partial charge in [0.1, 0.15) is 5.69 Å². The van der Waals surface area contributed by atoms with Gasteiger partial charge in [0.2, 0.25) is 0 Å². The zero-order valence-electron chi connectivity index (χ0n) is 15.5. The van der Waals surface area contributed by atoms with E-state index in [1.807, 2.05) is 31.4 Å². The highest BCUT2D eigenvalue weighted by atomic mass is 32.1. The molecule has 1 unspecified atom stereocenters. The molecule has 1 fully saturated rings. The Bertz CT molecular complexity index is 860. The average molecular weight is 388 g/mol. The number of hydrogen-bond acceptors (Lipinski definition) is 5. The first kappa shape index (κ1) is 19.3. The first-order chi connectivity index (χ1) is 12.9. The number of hydrogen-bond donors (Lipinski definition) is 2. The van der Waals surface area contributed by atoms with Crippen molar-refractivity contribution in [3.63, 3.8) is 0 Å². The maximum Gasteiger partial charge on any atom is 0.345 e. The summed E-state index contributed by atoms with van der Waals surface area (Å²) in [6.07, 6.45) is 2.29. The lowest BCUT2D eigenvalue weighted by Gasteiger charge is -2.32. The van der Waals surface area contributed by atoms with Crippen molar-refractivity contribution in [2.45, 2.75) is 39.2 Å². The molecular weight excluding hydrogens is 364 g/mol. The van der Waals surface area contributed by atoms with Gasteiger partial charge in [-0.1, -0.05) is 19.9 Å². The van der Waals surface area contributed by atoms with Crippen LogP contribution in [0.4, 0.5) is 0 Å². The molecule has 8 heteroatoms. The number of thiophene rings is 1. The van der Waals surface area contributed by atoms with E-state index in [4.69, 9.17) is 0 Å². The summed E-state index contributed by atoms with van der Waals surface area (Å²) >= 11 is 1.42. The van der Waals surface area contributed by atoms with Crippen LogP contribution in [0.5, 0.6) is 0 Å². The van der Waals surface area contributed by atoms with Gasteiger partial charge in [-0.15, -0.1) is 11.3 Å². The minimum Gasteiger partial charge on any atom is -0.346 e. The van der Waals surface area contributed by atoms with Gasteiger partial charge in [0.15, 0.2) is 0 Å². The second kappa shape index (κ2) is 8.47. The second-order valence-corrected chi connectivity index (χ2v) is 8.18. The topological polar surface area (TPSA) is 95.2 Å². The van der Waals surface area contributed by atoms with Crippen molar-refractivity contribution in [3.8, 4) is 0 Å². The van der Waals surface area contributed by atoms with Crippen molar-refractivity contribution in [2.24, 2.45) is 5.92 Å². The molecule has 2 aromatic heterocycles. The molecule has 0 aromatic carbocycles. The molecule has 0 saturated carbocycles. The van der Waals surface area contributed by atoms with Crippen molar-refractivity contribution in [2.75, 3.05) is 13.1 Å². The predicted molar refractivity (Wildman–Crippen MR) is 104 cm³/mol. The maximum absolute atomic E-state index is 12.6. The van der Waals surface area contributed by atoms with Gasteiger partial charge in [-0.3, -0.25) is 9.59 Å². The largest absolute Gasteiger partial charge is 0.346 e. The Morgan fingerprint density at radius 2 is 2.26 bits per heavy atom. The third-order valence-electron chi connectivity index (χ3n) is 4.44. The van der Waals surface area contributed by atoms with Crippen LogP contribution in [-0.2, 0) is 6.42 Å². The molecule has 1 aliphatic heterocycles. The molecule has 1 atom stereocenters. The zero-order valence-corrected chi connectivity index (χ0v) is 16.3. The lowest BCUT2D eigenvalue weighted by Crippen LogP contribution is -2.49. The first-order valence-corrected chi connectivity index (χ1v) is 10.0. The maximum atomic E-state index is 12.6. The van der Waals surface area contributed by atoms with E-state index in [0.29, 0.717) is 36.0 Å². The van der Waals surface area contributed by atoms with Crippen LogP contribution < -0.4 is 11.0 Å². The van der Waals surface area contributed by atoms with E-state index in [2.05, 4.69) is 15.3 Å². The van der Waals surface area contributed by atoms with Gasteiger partial charge in [0.25, 0.3) is 11.8 Å². The molecule has 0 aliphatic carbocycles. The van der Waals surface area contributed by atoms with Gasteiger partial charge in [-0.25, -0.2) is 4.79 Å². The molecule has 2 amide bonds. The van der Waals surface area contributed by atoms with E-state index in [0.717, 1.165) is 12.8 Å². The number of carbonyl (C=O) groups excluding carboxylic acids is 2. The molecule has 2 aromatic rings. The van der Waals surface area contributed by atoms with Crippen LogP contribution in [-0.4, -0.2) is 45.8 Å². The lowest BCUT2D eigenvalue weighted by atomic mass is 10.0. The lowest BCUT2D eigenvalue weighted by molar-refractivity contribution is 0.0679. The van der Waals surface area contributed by atoms with E-state index >= 15 is 0 Å². The number of H-pyrrole nitrogens is 1. The van der Waals surface area contributed by atoms with Crippen LogP contribution in [0.3, 0.4) is 0 Å². The summed E-state index contributed by atoms with van der Waals surface area (Å²) < 4.78 is 0. The molecule has 0 spiro atoms. The van der Waals surface area contributed by atoms with Crippen LogP contribution in [0.15, 0.2) is 28.4 Å². The molecule has 2 N–H and O–H groups in total. The van der Waals surface area contributed by atoms with Gasteiger partial charge in [-0.2, -0.15) is 4.98 Å². The molecule has 144 valence electrons. The number of rotatable bonds is 5. The summed E-state index contributed by atoms with van der Waals surface area (Å²) in [6, 6.07) is 5.15. The van der Waals surface area contributed by atoms with Crippen LogP contribution in [0.25, 0.3) is 0 Å². The Kier molecular flexibility index (Phi) is 6.05. The van der Waals surface area contributed by atoms with E-state index in [1.54, 1.807) is 11.0 Å². The number of piperidine rings is 1. The fraction of sp³-hybridized carbons (Fsp3) is 0.474. The Labute approximate surface area is 161 Å². The summed E-state index contributed by atoms with van der Waals surface area (Å²) in [5, 5.41) is 4.81. The third kappa shape index (κ3) is 5.03. The average Bonchev–Trinajstić information content (AvgIpc) is 3.15. The normalized spacial score (nSPS) is 17.1. The molecule has 1 saturated heterocycles. The Balaban J connectivity index is 1.66. The van der Waals surface area contributed by atoms with Gasteiger partial charge in [0, 0.05) is 24.8 Å². The van der Waals surface area contributed by atoms with Gasteiger partial charge >= 0.3 is 5.69 Å². The fourth-order valence-electron chi connectivity index (χ4n) is 3.27. The van der Waals surface area contributed by atoms with Crippen molar-refractivity contribution in [3.05, 3.63) is 50.3 Å². The number of amides is 2. The number of likely N-dealkylation sites (tertiary alicyclic amines) is 1. The van der Waals surface area contributed by atoms with Gasteiger partial charge in [-0.05, 0) is 42.7 Å². The Morgan fingerprint density at radius 1 is 1.44 bits per heavy atom. The zero-order chi connectivity index (χ0) is 19.4. The highest BCUT2D eigenvalue weighted by Gasteiger charge is 2.26. The number of nitrogens with zero attached hydrogens (tertiary/aromatic N) is 2. The molecule has 1 aliphatic rings. The van der Waals surface area contributed by atoms with Crippen LogP contribution in [0.1, 0.15) is 52.5 Å². The number of aromatic amines is 1. The number of carbonyl (C=O) groups is 2. The molecule has 7 nitrogen and oxygen atoms in total. The van der Waals surface area contributed by atoms with E-state index in [-0.39, 0.29) is 23.6 Å². The molecule has 27 heavy (non-hydrogen) atoms. The van der Waals surface area contributed by atoms with E-state index in [1.165, 1.54) is 11.3 Å². The van der Waals surface area contributed by atoms with Crippen molar-refractivity contribution in [1.82, 2.24) is 20.2 Å². The minimum absolute atomic E-state index is 0.00236. The monoisotopic (exact) mass is 388 g/mol. The van der Waals surface area contributed by atoms with Crippen LogP contribution in [0.2, 0.25) is 0 Å². The molecule has 3 rings (SSSR count). The molecular formula is C19H24N4O3S.